The highest BCUT2D eigenvalue weighted by molar-refractivity contribution is 5.24. The maximum atomic E-state index is 13.0. The van der Waals surface area contributed by atoms with Crippen LogP contribution in [-0.4, -0.2) is 10.1 Å². The number of nitrogens with zero attached hydrogens (tertiary/aromatic N) is 1. The first-order chi connectivity index (χ1) is 8.16. The van der Waals surface area contributed by atoms with Crippen LogP contribution in [0.3, 0.4) is 0 Å². The van der Waals surface area contributed by atoms with Crippen molar-refractivity contribution in [3.8, 4) is 0 Å². The SMILES string of the molecule is Cc1ncccc1C(O)Cc1cccc(F)c1. The number of rotatable bonds is 3. The zero-order valence-electron chi connectivity index (χ0n) is 9.60. The molecule has 1 N–H and O–H groups in total. The number of hydrogen-bond donors (Lipinski definition) is 1. The molecule has 1 aromatic heterocycles. The molecule has 2 nitrogen and oxygen atoms in total. The number of hydrogen-bond acceptors (Lipinski definition) is 2. The molecule has 0 saturated heterocycles. The lowest BCUT2D eigenvalue weighted by Crippen LogP contribution is -2.05. The number of benzene rings is 1. The third kappa shape index (κ3) is 2.88. The topological polar surface area (TPSA) is 33.1 Å². The van der Waals surface area contributed by atoms with E-state index in [0.717, 1.165) is 16.8 Å². The molecule has 1 unspecified atom stereocenters. The van der Waals surface area contributed by atoms with Crippen LogP contribution < -0.4 is 0 Å². The average molecular weight is 231 g/mol. The van der Waals surface area contributed by atoms with E-state index in [9.17, 15) is 9.50 Å². The predicted octanol–water partition coefficient (Wildman–Crippen LogP) is 2.81. The van der Waals surface area contributed by atoms with Gasteiger partial charge in [0.05, 0.1) is 6.10 Å². The lowest BCUT2D eigenvalue weighted by Gasteiger charge is -2.12. The Morgan fingerprint density at radius 3 is 2.82 bits per heavy atom. The molecular formula is C14H14FNO. The van der Waals surface area contributed by atoms with Gasteiger partial charge < -0.3 is 5.11 Å². The standard InChI is InChI=1S/C14H14FNO/c1-10-13(6-3-7-16-10)14(17)9-11-4-2-5-12(15)8-11/h2-8,14,17H,9H2,1H3. The number of aromatic nitrogens is 1. The van der Waals surface area contributed by atoms with Crippen LogP contribution in [0.5, 0.6) is 0 Å². The second kappa shape index (κ2) is 5.06. The van der Waals surface area contributed by atoms with Gasteiger partial charge in [-0.2, -0.15) is 0 Å². The summed E-state index contributed by atoms with van der Waals surface area (Å²) in [6.07, 6.45) is 1.43. The van der Waals surface area contributed by atoms with Crippen LogP contribution in [0.25, 0.3) is 0 Å². The van der Waals surface area contributed by atoms with Crippen molar-refractivity contribution in [3.63, 3.8) is 0 Å². The van der Waals surface area contributed by atoms with E-state index in [0.29, 0.717) is 6.42 Å². The van der Waals surface area contributed by atoms with Gasteiger partial charge in [-0.1, -0.05) is 18.2 Å². The van der Waals surface area contributed by atoms with Gasteiger partial charge >= 0.3 is 0 Å². The molecule has 0 amide bonds. The molecule has 88 valence electrons. The minimum absolute atomic E-state index is 0.280. The lowest BCUT2D eigenvalue weighted by atomic mass is 10.0. The quantitative estimate of drug-likeness (QED) is 0.881. The predicted molar refractivity (Wildman–Crippen MR) is 64.0 cm³/mol. The molecule has 0 spiro atoms. The fourth-order valence-electron chi connectivity index (χ4n) is 1.85. The Hall–Kier alpha value is -1.74. The van der Waals surface area contributed by atoms with Gasteiger partial charge in [-0.15, -0.1) is 0 Å². The second-order valence-electron chi connectivity index (χ2n) is 4.03. The van der Waals surface area contributed by atoms with E-state index in [1.807, 2.05) is 13.0 Å². The van der Waals surface area contributed by atoms with Crippen molar-refractivity contribution in [2.75, 3.05) is 0 Å². The van der Waals surface area contributed by atoms with Gasteiger partial charge in [-0.25, -0.2) is 4.39 Å². The van der Waals surface area contributed by atoms with E-state index in [2.05, 4.69) is 4.98 Å². The van der Waals surface area contributed by atoms with Gasteiger partial charge in [-0.3, -0.25) is 4.98 Å². The lowest BCUT2D eigenvalue weighted by molar-refractivity contribution is 0.177. The highest BCUT2D eigenvalue weighted by Gasteiger charge is 2.11. The number of aliphatic hydroxyl groups excluding tert-OH is 1. The van der Waals surface area contributed by atoms with Crippen molar-refractivity contribution in [1.29, 1.82) is 0 Å². The molecule has 1 heterocycles. The van der Waals surface area contributed by atoms with Crippen LogP contribution in [0.15, 0.2) is 42.6 Å². The number of pyridine rings is 1. The second-order valence-corrected chi connectivity index (χ2v) is 4.03. The zero-order chi connectivity index (χ0) is 12.3. The molecule has 0 radical (unpaired) electrons. The summed E-state index contributed by atoms with van der Waals surface area (Å²) in [5.41, 5.74) is 2.37. The van der Waals surface area contributed by atoms with Gasteiger partial charge in [0, 0.05) is 23.9 Å². The summed E-state index contributed by atoms with van der Waals surface area (Å²) in [5, 5.41) is 10.1. The summed E-state index contributed by atoms with van der Waals surface area (Å²) in [6, 6.07) is 9.91. The number of aryl methyl sites for hydroxylation is 1. The molecule has 0 aliphatic carbocycles. The minimum Gasteiger partial charge on any atom is -0.388 e. The molecule has 0 saturated carbocycles. The Kier molecular flexibility index (Phi) is 3.49. The van der Waals surface area contributed by atoms with Crippen molar-refractivity contribution in [3.05, 3.63) is 65.2 Å². The van der Waals surface area contributed by atoms with E-state index in [-0.39, 0.29) is 5.82 Å². The Labute approximate surface area is 99.8 Å². The highest BCUT2D eigenvalue weighted by atomic mass is 19.1. The molecule has 2 rings (SSSR count). The fraction of sp³-hybridized carbons (Fsp3) is 0.214. The van der Waals surface area contributed by atoms with Crippen molar-refractivity contribution >= 4 is 0 Å². The molecule has 0 bridgehead atoms. The molecule has 2 aromatic rings. The smallest absolute Gasteiger partial charge is 0.123 e. The van der Waals surface area contributed by atoms with Crippen molar-refractivity contribution in [1.82, 2.24) is 4.98 Å². The summed E-state index contributed by atoms with van der Waals surface area (Å²) < 4.78 is 13.0. The van der Waals surface area contributed by atoms with Crippen molar-refractivity contribution < 1.29 is 9.50 Å². The fourth-order valence-corrected chi connectivity index (χ4v) is 1.85. The van der Waals surface area contributed by atoms with Crippen LogP contribution in [0.4, 0.5) is 4.39 Å². The Bertz CT molecular complexity index is 513. The maximum Gasteiger partial charge on any atom is 0.123 e. The van der Waals surface area contributed by atoms with E-state index in [1.54, 1.807) is 24.4 Å². The number of halogens is 1. The average Bonchev–Trinajstić information content (AvgIpc) is 2.29. The van der Waals surface area contributed by atoms with Gasteiger partial charge in [0.2, 0.25) is 0 Å². The molecule has 1 atom stereocenters. The molecule has 0 fully saturated rings. The van der Waals surface area contributed by atoms with Gasteiger partial charge in [-0.05, 0) is 30.7 Å². The largest absolute Gasteiger partial charge is 0.388 e. The van der Waals surface area contributed by atoms with Gasteiger partial charge in [0.1, 0.15) is 5.82 Å². The van der Waals surface area contributed by atoms with Crippen LogP contribution in [0.1, 0.15) is 22.9 Å². The Morgan fingerprint density at radius 1 is 1.29 bits per heavy atom. The minimum atomic E-state index is -0.648. The van der Waals surface area contributed by atoms with Crippen molar-refractivity contribution in [2.24, 2.45) is 0 Å². The Balaban J connectivity index is 2.17. The van der Waals surface area contributed by atoms with E-state index >= 15 is 0 Å². The van der Waals surface area contributed by atoms with Crippen molar-refractivity contribution in [2.45, 2.75) is 19.4 Å². The van der Waals surface area contributed by atoms with E-state index < -0.39 is 6.10 Å². The van der Waals surface area contributed by atoms with Crippen LogP contribution in [0, 0.1) is 12.7 Å². The summed E-state index contributed by atoms with van der Waals surface area (Å²) >= 11 is 0. The summed E-state index contributed by atoms with van der Waals surface area (Å²) in [6.45, 7) is 1.85. The van der Waals surface area contributed by atoms with Crippen LogP contribution >= 0.6 is 0 Å². The molecule has 0 aliphatic rings. The molecule has 17 heavy (non-hydrogen) atoms. The van der Waals surface area contributed by atoms with Gasteiger partial charge in [0.25, 0.3) is 0 Å². The molecule has 3 heteroatoms. The normalized spacial score (nSPS) is 12.4. The number of aliphatic hydroxyl groups is 1. The molecule has 0 aliphatic heterocycles. The van der Waals surface area contributed by atoms with Gasteiger partial charge in [0.15, 0.2) is 0 Å². The first-order valence-electron chi connectivity index (χ1n) is 5.51. The molecule has 1 aromatic carbocycles. The van der Waals surface area contributed by atoms with Crippen LogP contribution in [0.2, 0.25) is 0 Å². The first kappa shape index (κ1) is 11.7. The summed E-state index contributed by atoms with van der Waals surface area (Å²) in [4.78, 5) is 4.13. The monoisotopic (exact) mass is 231 g/mol. The maximum absolute atomic E-state index is 13.0. The Morgan fingerprint density at radius 2 is 2.12 bits per heavy atom. The van der Waals surface area contributed by atoms with E-state index in [4.69, 9.17) is 0 Å². The third-order valence-corrected chi connectivity index (χ3v) is 2.72. The summed E-state index contributed by atoms with van der Waals surface area (Å²) in [5.74, 6) is -0.280. The zero-order valence-corrected chi connectivity index (χ0v) is 9.60. The first-order valence-corrected chi connectivity index (χ1v) is 5.51. The highest BCUT2D eigenvalue weighted by Crippen LogP contribution is 2.20. The molecular weight excluding hydrogens is 217 g/mol. The van der Waals surface area contributed by atoms with Crippen LogP contribution in [-0.2, 0) is 6.42 Å². The summed E-state index contributed by atoms with van der Waals surface area (Å²) in [7, 11) is 0. The van der Waals surface area contributed by atoms with E-state index in [1.165, 1.54) is 12.1 Å². The third-order valence-electron chi connectivity index (χ3n) is 2.72.